The highest BCUT2D eigenvalue weighted by atomic mass is 35.5. The Hall–Kier alpha value is -2.75. The largest absolute Gasteiger partial charge is 0.417 e. The molecule has 2 aromatic heterocycles. The summed E-state index contributed by atoms with van der Waals surface area (Å²) >= 11 is 5.89. The average molecular weight is 459 g/mol. The van der Waals surface area contributed by atoms with Gasteiger partial charge < -0.3 is 4.90 Å². The molecule has 1 aliphatic heterocycles. The van der Waals surface area contributed by atoms with Crippen LogP contribution in [0.2, 0.25) is 5.02 Å². The third-order valence-electron chi connectivity index (χ3n) is 4.84. The molecule has 3 heterocycles. The maximum absolute atomic E-state index is 14.4. The minimum Gasteiger partial charge on any atom is -0.312 e. The van der Waals surface area contributed by atoms with E-state index in [1.165, 1.54) is 11.1 Å². The smallest absolute Gasteiger partial charge is 0.312 e. The van der Waals surface area contributed by atoms with Crippen LogP contribution in [0.1, 0.15) is 31.0 Å². The molecule has 0 radical (unpaired) electrons. The summed E-state index contributed by atoms with van der Waals surface area (Å²) < 4.78 is 52.7. The average Bonchev–Trinajstić information content (AvgIpc) is 2.97. The quantitative estimate of drug-likeness (QED) is 0.573. The summed E-state index contributed by atoms with van der Waals surface area (Å²) in [6.07, 6.45) is -1.62. The van der Waals surface area contributed by atoms with Crippen LogP contribution in [0, 0.1) is 5.82 Å². The van der Waals surface area contributed by atoms with Gasteiger partial charge in [0.25, 0.3) is 0 Å². The van der Waals surface area contributed by atoms with Crippen LogP contribution in [0.25, 0.3) is 0 Å². The van der Waals surface area contributed by atoms with E-state index in [1.54, 1.807) is 12.1 Å². The number of ketones is 1. The normalized spacial score (nSPS) is 16.8. The monoisotopic (exact) mass is 458 g/mol. The first-order chi connectivity index (χ1) is 14.6. The summed E-state index contributed by atoms with van der Waals surface area (Å²) in [5.74, 6) is -2.05. The molecule has 0 spiro atoms. The summed E-state index contributed by atoms with van der Waals surface area (Å²) in [6, 6.07) is 2.33. The van der Waals surface area contributed by atoms with Gasteiger partial charge in [0.05, 0.1) is 24.6 Å². The predicted molar refractivity (Wildman–Crippen MR) is 105 cm³/mol. The molecule has 1 saturated heterocycles. The van der Waals surface area contributed by atoms with Gasteiger partial charge in [0.15, 0.2) is 17.4 Å². The highest BCUT2D eigenvalue weighted by Gasteiger charge is 2.41. The molecular formula is C20H19ClF4N4O2. The Morgan fingerprint density at radius 3 is 2.65 bits per heavy atom. The molecule has 2 amide bonds. The fourth-order valence-electron chi connectivity index (χ4n) is 3.43. The number of Topliss-reactive ketones (excluding diaryl/α,β-unsaturated/α-hetero) is 1. The molecule has 166 valence electrons. The standard InChI is InChI=1S/C20H19ClF4N4O2/c1-2-3-15-10-29(18-17(22)6-12(9-27-18)20(23,24)25)19(31)28(15)11-16(30)8-14-7-13(21)4-5-26-14/h4-7,9,15H,2-3,8,10-11H2,1H3/t15-/m0/s1. The molecule has 0 saturated carbocycles. The molecule has 1 atom stereocenters. The van der Waals surface area contributed by atoms with Crippen LogP contribution in [0.4, 0.5) is 28.2 Å². The lowest BCUT2D eigenvalue weighted by molar-refractivity contribution is -0.138. The van der Waals surface area contributed by atoms with Crippen molar-refractivity contribution >= 4 is 29.2 Å². The number of urea groups is 1. The van der Waals surface area contributed by atoms with Crippen molar-refractivity contribution in [2.45, 2.75) is 38.4 Å². The third kappa shape index (κ3) is 5.30. The first-order valence-corrected chi connectivity index (χ1v) is 9.91. The Morgan fingerprint density at radius 1 is 1.29 bits per heavy atom. The van der Waals surface area contributed by atoms with E-state index < -0.39 is 35.4 Å². The van der Waals surface area contributed by atoms with Crippen LogP contribution < -0.4 is 4.90 Å². The lowest BCUT2D eigenvalue weighted by atomic mass is 10.1. The summed E-state index contributed by atoms with van der Waals surface area (Å²) in [5.41, 5.74) is -0.796. The van der Waals surface area contributed by atoms with Crippen LogP contribution in [-0.2, 0) is 17.4 Å². The van der Waals surface area contributed by atoms with Crippen LogP contribution in [-0.4, -0.2) is 45.8 Å². The van der Waals surface area contributed by atoms with E-state index in [0.29, 0.717) is 35.8 Å². The zero-order valence-corrected chi connectivity index (χ0v) is 17.3. The van der Waals surface area contributed by atoms with Crippen LogP contribution in [0.5, 0.6) is 0 Å². The van der Waals surface area contributed by atoms with Gasteiger partial charge in [-0.1, -0.05) is 24.9 Å². The summed E-state index contributed by atoms with van der Waals surface area (Å²) in [4.78, 5) is 35.3. The van der Waals surface area contributed by atoms with Gasteiger partial charge in [0, 0.05) is 29.7 Å². The predicted octanol–water partition coefficient (Wildman–Crippen LogP) is 4.51. The molecule has 1 fully saturated rings. The molecule has 0 unspecified atom stereocenters. The first-order valence-electron chi connectivity index (χ1n) is 9.53. The van der Waals surface area contributed by atoms with Crippen LogP contribution in [0.3, 0.4) is 0 Å². The van der Waals surface area contributed by atoms with Gasteiger partial charge in [-0.3, -0.25) is 14.7 Å². The number of hydrogen-bond acceptors (Lipinski definition) is 4. The highest BCUT2D eigenvalue weighted by molar-refractivity contribution is 6.30. The molecule has 3 rings (SSSR count). The van der Waals surface area contributed by atoms with Crippen LogP contribution in [0.15, 0.2) is 30.6 Å². The van der Waals surface area contributed by atoms with Crippen molar-refractivity contribution in [1.29, 1.82) is 0 Å². The topological polar surface area (TPSA) is 66.4 Å². The molecule has 31 heavy (non-hydrogen) atoms. The molecule has 11 heteroatoms. The lowest BCUT2D eigenvalue weighted by Crippen LogP contribution is -2.39. The maximum atomic E-state index is 14.4. The summed E-state index contributed by atoms with van der Waals surface area (Å²) in [7, 11) is 0. The van der Waals surface area contributed by atoms with E-state index in [0.717, 1.165) is 4.90 Å². The lowest BCUT2D eigenvalue weighted by Gasteiger charge is -2.22. The molecule has 0 bridgehead atoms. The Morgan fingerprint density at radius 2 is 2.03 bits per heavy atom. The number of alkyl halides is 3. The summed E-state index contributed by atoms with van der Waals surface area (Å²) in [6.45, 7) is 1.67. The van der Waals surface area contributed by atoms with Crippen molar-refractivity contribution in [3.05, 3.63) is 52.7 Å². The van der Waals surface area contributed by atoms with Gasteiger partial charge >= 0.3 is 12.2 Å². The number of carbonyl (C=O) groups excluding carboxylic acids is 2. The number of pyridine rings is 2. The zero-order valence-electron chi connectivity index (χ0n) is 16.5. The van der Waals surface area contributed by atoms with Crippen molar-refractivity contribution in [2.75, 3.05) is 18.0 Å². The van der Waals surface area contributed by atoms with Gasteiger partial charge in [-0.05, 0) is 24.6 Å². The van der Waals surface area contributed by atoms with E-state index in [4.69, 9.17) is 11.6 Å². The fourth-order valence-corrected chi connectivity index (χ4v) is 3.61. The highest BCUT2D eigenvalue weighted by Crippen LogP contribution is 2.32. The SMILES string of the molecule is CCC[C@H]1CN(c2ncc(C(F)(F)F)cc2F)C(=O)N1CC(=O)Cc1cc(Cl)ccn1. The number of rotatable bonds is 7. The molecule has 1 aliphatic rings. The Bertz CT molecular complexity index is 986. The molecule has 0 aromatic carbocycles. The Kier molecular flexibility index (Phi) is 6.78. The second kappa shape index (κ2) is 9.17. The van der Waals surface area contributed by atoms with Crippen molar-refractivity contribution in [2.24, 2.45) is 0 Å². The molecule has 2 aromatic rings. The van der Waals surface area contributed by atoms with E-state index in [1.807, 2.05) is 6.92 Å². The van der Waals surface area contributed by atoms with Crippen molar-refractivity contribution < 1.29 is 27.2 Å². The van der Waals surface area contributed by atoms with Crippen molar-refractivity contribution in [1.82, 2.24) is 14.9 Å². The molecule has 6 nitrogen and oxygen atoms in total. The minimum atomic E-state index is -4.75. The van der Waals surface area contributed by atoms with Gasteiger partial charge in [0.1, 0.15) is 0 Å². The van der Waals surface area contributed by atoms with Crippen molar-refractivity contribution in [3.8, 4) is 0 Å². The van der Waals surface area contributed by atoms with Gasteiger partial charge in [0.2, 0.25) is 0 Å². The molecule has 0 N–H and O–H groups in total. The molecular weight excluding hydrogens is 440 g/mol. The molecule has 0 aliphatic carbocycles. The second-order valence-corrected chi connectivity index (χ2v) is 7.61. The van der Waals surface area contributed by atoms with Gasteiger partial charge in [-0.15, -0.1) is 0 Å². The number of aromatic nitrogens is 2. The zero-order chi connectivity index (χ0) is 22.8. The fraction of sp³-hybridized carbons (Fsp3) is 0.400. The van der Waals surface area contributed by atoms with E-state index in [2.05, 4.69) is 9.97 Å². The van der Waals surface area contributed by atoms with E-state index in [-0.39, 0.29) is 25.3 Å². The van der Waals surface area contributed by atoms with Gasteiger partial charge in [-0.25, -0.2) is 14.2 Å². The maximum Gasteiger partial charge on any atom is 0.417 e. The number of anilines is 1. The number of hydrogen-bond donors (Lipinski definition) is 0. The Labute approximate surface area is 180 Å². The second-order valence-electron chi connectivity index (χ2n) is 7.17. The number of amides is 2. The van der Waals surface area contributed by atoms with Crippen molar-refractivity contribution in [3.63, 3.8) is 0 Å². The third-order valence-corrected chi connectivity index (χ3v) is 5.08. The number of carbonyl (C=O) groups is 2. The number of nitrogens with zero attached hydrogens (tertiary/aromatic N) is 4. The van der Waals surface area contributed by atoms with E-state index >= 15 is 0 Å². The summed E-state index contributed by atoms with van der Waals surface area (Å²) in [5, 5.41) is 0.425. The first kappa shape index (κ1) is 22.9. The minimum absolute atomic E-state index is 0.0185. The van der Waals surface area contributed by atoms with Gasteiger partial charge in [-0.2, -0.15) is 13.2 Å². The van der Waals surface area contributed by atoms with E-state index in [9.17, 15) is 27.2 Å². The van der Waals surface area contributed by atoms with Crippen LogP contribution >= 0.6 is 11.6 Å². The number of halogens is 5. The Balaban J connectivity index is 1.78.